The van der Waals surface area contributed by atoms with E-state index in [2.05, 4.69) is 0 Å². The van der Waals surface area contributed by atoms with Crippen molar-refractivity contribution in [2.45, 2.75) is 63.4 Å². The van der Waals surface area contributed by atoms with E-state index in [4.69, 9.17) is 18.9 Å². The van der Waals surface area contributed by atoms with Gasteiger partial charge in [0.25, 0.3) is 0 Å². The summed E-state index contributed by atoms with van der Waals surface area (Å²) in [6.45, 7) is 3.70. The number of hydrogen-bond acceptors (Lipinski definition) is 8. The Labute approximate surface area is 179 Å². The molecule has 1 N–H and O–H groups in total. The Balaban J connectivity index is 0.00000261. The number of aliphatic carboxylic acids is 1. The Morgan fingerprint density at radius 1 is 1.26 bits per heavy atom. The minimum absolute atomic E-state index is 0. The van der Waals surface area contributed by atoms with E-state index >= 15 is 0 Å². The molecule has 0 unspecified atom stereocenters. The van der Waals surface area contributed by atoms with Gasteiger partial charge in [-0.25, -0.2) is 0 Å². The van der Waals surface area contributed by atoms with Crippen molar-refractivity contribution in [2.24, 2.45) is 0 Å². The quantitative estimate of drug-likeness (QED) is 0.379. The van der Waals surface area contributed by atoms with E-state index in [1.165, 1.54) is 0 Å². The third kappa shape index (κ3) is 5.36. The zero-order valence-corrected chi connectivity index (χ0v) is 17.5. The minimum Gasteiger partial charge on any atom is -0.542 e. The molecule has 5 atom stereocenters. The second-order valence-corrected chi connectivity index (χ2v) is 6.81. The third-order valence-corrected chi connectivity index (χ3v) is 4.31. The van der Waals surface area contributed by atoms with Gasteiger partial charge in [0, 0.05) is 6.42 Å². The summed E-state index contributed by atoms with van der Waals surface area (Å²) in [5.74, 6) is -3.93. The number of fused-ring (bicyclic) bond motifs is 1. The van der Waals surface area contributed by atoms with Gasteiger partial charge in [0.15, 0.2) is 17.9 Å². The molecule has 27 heavy (non-hydrogen) atoms. The number of carboxylic acids is 1. The average molecular weight is 388 g/mol. The van der Waals surface area contributed by atoms with Gasteiger partial charge < -0.3 is 34.0 Å². The van der Waals surface area contributed by atoms with E-state index in [-0.39, 0.29) is 36.2 Å². The largest absolute Gasteiger partial charge is 1.00 e. The molecule has 0 aliphatic carbocycles. The minimum atomic E-state index is -1.85. The zero-order valence-electron chi connectivity index (χ0n) is 15.5. The van der Waals surface area contributed by atoms with Crippen LogP contribution < -0.4 is 34.7 Å². The van der Waals surface area contributed by atoms with Crippen LogP contribution in [0.3, 0.4) is 0 Å². The van der Waals surface area contributed by atoms with Crippen molar-refractivity contribution in [2.75, 3.05) is 0 Å². The second-order valence-electron chi connectivity index (χ2n) is 6.81. The van der Waals surface area contributed by atoms with Crippen LogP contribution in [0, 0.1) is 0 Å². The molecule has 1 aromatic carbocycles. The molecule has 2 saturated heterocycles. The molecule has 2 heterocycles. The van der Waals surface area contributed by atoms with Crippen LogP contribution in [0.15, 0.2) is 30.3 Å². The predicted molar refractivity (Wildman–Crippen MR) is 84.4 cm³/mol. The summed E-state index contributed by atoms with van der Waals surface area (Å²) in [5, 5.41) is 20.9. The SMILES string of the molecule is CC1(C)O[C@H]2O[C@H]([C@@H](O)CC(=O)C(=O)[O-])[C@H](OCc3ccccc3)[C@H]2O1.[Na+]. The topological polar surface area (TPSA) is 114 Å². The standard InChI is InChI=1S/C18H22O8.Na/c1-18(2)25-15-14(23-9-10-6-4-3-5-7-10)13(24-17(15)26-18)11(19)8-12(20)16(21)22;/h3-7,11,13-15,17,19H,8-9H2,1-2H3,(H,21,22);/q;+1/p-1/t11-,13+,14-,15+,17+;/m0./s1. The molecule has 0 bridgehead atoms. The molecule has 142 valence electrons. The number of carboxylic acid groups (broad SMARTS) is 1. The van der Waals surface area contributed by atoms with E-state index in [9.17, 15) is 19.8 Å². The molecule has 0 spiro atoms. The molecule has 0 aromatic heterocycles. The first kappa shape index (κ1) is 22.4. The van der Waals surface area contributed by atoms with E-state index in [1.807, 2.05) is 30.3 Å². The number of Topliss-reactive ketones (excluding diaryl/α,β-unsaturated/α-hetero) is 1. The van der Waals surface area contributed by atoms with E-state index in [0.717, 1.165) is 5.56 Å². The van der Waals surface area contributed by atoms with Gasteiger partial charge in [-0.1, -0.05) is 30.3 Å². The third-order valence-electron chi connectivity index (χ3n) is 4.31. The molecular formula is C18H21NaO8. The Hall–Kier alpha value is -0.840. The normalized spacial score (nSPS) is 29.6. The van der Waals surface area contributed by atoms with E-state index in [1.54, 1.807) is 13.8 Å². The molecule has 1 aromatic rings. The van der Waals surface area contributed by atoms with Gasteiger partial charge in [0.1, 0.15) is 24.3 Å². The van der Waals surface area contributed by atoms with Gasteiger partial charge in [-0.15, -0.1) is 0 Å². The van der Waals surface area contributed by atoms with Crippen molar-refractivity contribution in [3.8, 4) is 0 Å². The molecule has 9 heteroatoms. The fraction of sp³-hybridized carbons (Fsp3) is 0.556. The van der Waals surface area contributed by atoms with Crippen molar-refractivity contribution in [3.63, 3.8) is 0 Å². The molecule has 0 radical (unpaired) electrons. The van der Waals surface area contributed by atoms with Crippen molar-refractivity contribution in [3.05, 3.63) is 35.9 Å². The van der Waals surface area contributed by atoms with Crippen LogP contribution in [-0.4, -0.2) is 53.4 Å². The Bertz CT molecular complexity index is 665. The van der Waals surface area contributed by atoms with Crippen LogP contribution in [0.2, 0.25) is 0 Å². The van der Waals surface area contributed by atoms with E-state index < -0.39 is 54.7 Å². The zero-order chi connectivity index (χ0) is 18.9. The van der Waals surface area contributed by atoms with Gasteiger partial charge in [-0.3, -0.25) is 4.79 Å². The Kier molecular flexibility index (Phi) is 7.57. The molecule has 2 aliphatic rings. The summed E-state index contributed by atoms with van der Waals surface area (Å²) >= 11 is 0. The van der Waals surface area contributed by atoms with Crippen molar-refractivity contribution < 1.29 is 68.3 Å². The summed E-state index contributed by atoms with van der Waals surface area (Å²) in [7, 11) is 0. The average Bonchev–Trinajstić information content (AvgIpc) is 3.05. The summed E-state index contributed by atoms with van der Waals surface area (Å²) in [6.07, 6.45) is -5.10. The van der Waals surface area contributed by atoms with Crippen LogP contribution in [0.1, 0.15) is 25.8 Å². The summed E-state index contributed by atoms with van der Waals surface area (Å²) in [4.78, 5) is 22.0. The number of ether oxygens (including phenoxy) is 4. The van der Waals surface area contributed by atoms with Crippen molar-refractivity contribution in [1.82, 2.24) is 0 Å². The van der Waals surface area contributed by atoms with Gasteiger partial charge >= 0.3 is 29.6 Å². The maximum atomic E-state index is 11.4. The molecule has 0 saturated carbocycles. The molecule has 3 rings (SSSR count). The summed E-state index contributed by atoms with van der Waals surface area (Å²) in [5.41, 5.74) is 0.910. The fourth-order valence-corrected chi connectivity index (χ4v) is 3.16. The maximum Gasteiger partial charge on any atom is 1.00 e. The number of ketones is 1. The maximum absolute atomic E-state index is 11.4. The van der Waals surface area contributed by atoms with Gasteiger partial charge in [0.2, 0.25) is 0 Å². The molecule has 2 fully saturated rings. The number of hydrogen-bond donors (Lipinski definition) is 1. The first-order chi connectivity index (χ1) is 12.3. The van der Waals surface area contributed by atoms with Crippen molar-refractivity contribution >= 4 is 11.8 Å². The molecular weight excluding hydrogens is 367 g/mol. The predicted octanol–water partition coefficient (Wildman–Crippen LogP) is -3.48. The van der Waals surface area contributed by atoms with Gasteiger partial charge in [-0.05, 0) is 19.4 Å². The fourth-order valence-electron chi connectivity index (χ4n) is 3.16. The summed E-state index contributed by atoms with van der Waals surface area (Å²) in [6, 6.07) is 9.39. The number of rotatable bonds is 7. The van der Waals surface area contributed by atoms with Crippen LogP contribution >= 0.6 is 0 Å². The molecule has 0 amide bonds. The van der Waals surface area contributed by atoms with Gasteiger partial charge in [-0.2, -0.15) is 0 Å². The van der Waals surface area contributed by atoms with Crippen molar-refractivity contribution in [1.29, 1.82) is 0 Å². The first-order valence-electron chi connectivity index (χ1n) is 8.36. The Morgan fingerprint density at radius 2 is 1.93 bits per heavy atom. The van der Waals surface area contributed by atoms with Gasteiger partial charge in [0.05, 0.1) is 12.7 Å². The van der Waals surface area contributed by atoms with Crippen LogP contribution in [0.4, 0.5) is 0 Å². The number of aliphatic hydroxyl groups is 1. The molecule has 8 nitrogen and oxygen atoms in total. The number of carbonyl (C=O) groups excluding carboxylic acids is 2. The Morgan fingerprint density at radius 3 is 2.56 bits per heavy atom. The first-order valence-corrected chi connectivity index (χ1v) is 8.36. The number of benzene rings is 1. The number of carbonyl (C=O) groups is 2. The van der Waals surface area contributed by atoms with Crippen LogP contribution in [0.5, 0.6) is 0 Å². The summed E-state index contributed by atoms with van der Waals surface area (Å²) < 4.78 is 23.0. The van der Waals surface area contributed by atoms with E-state index in [0.29, 0.717) is 0 Å². The van der Waals surface area contributed by atoms with Crippen LogP contribution in [-0.2, 0) is 35.1 Å². The molecule has 2 aliphatic heterocycles. The van der Waals surface area contributed by atoms with Crippen LogP contribution in [0.25, 0.3) is 0 Å². The second kappa shape index (κ2) is 9.11. The monoisotopic (exact) mass is 388 g/mol. The smallest absolute Gasteiger partial charge is 0.542 e. The number of aliphatic hydroxyl groups excluding tert-OH is 1.